The van der Waals surface area contributed by atoms with Crippen molar-refractivity contribution < 1.29 is 19.7 Å². The standard InChI is InChI=1S/C32H32N8O8/c41-37(42)29-9-1-25(2-10-29)33-17-19-34(26-3-11-30(12-4-26)38(43)44)21-23-36(28-7-15-32(16-8-28)40(47)48)24-22-35(20-18-33)27-5-13-31(14-6-27)39(45)46/h1-16H,17-24H2. The van der Waals surface area contributed by atoms with Crippen molar-refractivity contribution in [1.29, 1.82) is 0 Å². The van der Waals surface area contributed by atoms with E-state index in [-0.39, 0.29) is 22.7 Å². The molecule has 0 aliphatic carbocycles. The Hall–Kier alpha value is -6.32. The second-order valence-electron chi connectivity index (χ2n) is 11.0. The lowest BCUT2D eigenvalue weighted by Gasteiger charge is -2.37. The van der Waals surface area contributed by atoms with Gasteiger partial charge < -0.3 is 19.6 Å². The first-order chi connectivity index (χ1) is 23.1. The summed E-state index contributed by atoms with van der Waals surface area (Å²) in [5.41, 5.74) is 2.99. The molecule has 0 radical (unpaired) electrons. The van der Waals surface area contributed by atoms with E-state index in [1.165, 1.54) is 48.5 Å². The van der Waals surface area contributed by atoms with E-state index in [1.807, 2.05) is 0 Å². The molecule has 5 rings (SSSR count). The van der Waals surface area contributed by atoms with Crippen LogP contribution < -0.4 is 19.6 Å². The van der Waals surface area contributed by atoms with E-state index in [0.29, 0.717) is 52.4 Å². The molecular formula is C32H32N8O8. The van der Waals surface area contributed by atoms with E-state index in [9.17, 15) is 40.5 Å². The Morgan fingerprint density at radius 1 is 0.312 bits per heavy atom. The number of hydrogen-bond acceptors (Lipinski definition) is 12. The molecule has 0 aromatic heterocycles. The van der Waals surface area contributed by atoms with Gasteiger partial charge in [0.1, 0.15) is 0 Å². The highest BCUT2D eigenvalue weighted by atomic mass is 16.6. The zero-order valence-corrected chi connectivity index (χ0v) is 25.7. The molecule has 16 heteroatoms. The Labute approximate surface area is 274 Å². The van der Waals surface area contributed by atoms with Crippen LogP contribution in [0.15, 0.2) is 97.1 Å². The Kier molecular flexibility index (Phi) is 10.2. The van der Waals surface area contributed by atoms with Gasteiger partial charge in [-0.1, -0.05) is 0 Å². The number of nitro benzene ring substituents is 4. The van der Waals surface area contributed by atoms with Crippen molar-refractivity contribution in [2.24, 2.45) is 0 Å². The minimum atomic E-state index is -0.455. The number of benzene rings is 4. The predicted molar refractivity (Wildman–Crippen MR) is 181 cm³/mol. The summed E-state index contributed by atoms with van der Waals surface area (Å²) in [6.45, 7) is 4.00. The third-order valence-corrected chi connectivity index (χ3v) is 8.26. The summed E-state index contributed by atoms with van der Waals surface area (Å²) in [4.78, 5) is 51.9. The molecule has 4 aromatic rings. The van der Waals surface area contributed by atoms with E-state index < -0.39 is 19.7 Å². The molecule has 1 aliphatic rings. The quantitative estimate of drug-likeness (QED) is 0.168. The van der Waals surface area contributed by atoms with E-state index in [0.717, 1.165) is 22.7 Å². The van der Waals surface area contributed by atoms with Crippen LogP contribution in [0.1, 0.15) is 0 Å². The number of nitrogens with zero attached hydrogens (tertiary/aromatic N) is 8. The fourth-order valence-electron chi connectivity index (χ4n) is 5.59. The number of hydrogen-bond donors (Lipinski definition) is 0. The van der Waals surface area contributed by atoms with Gasteiger partial charge in [-0.05, 0) is 48.5 Å². The monoisotopic (exact) mass is 656 g/mol. The highest BCUT2D eigenvalue weighted by Crippen LogP contribution is 2.26. The van der Waals surface area contributed by atoms with Gasteiger partial charge in [0, 0.05) is 124 Å². The molecular weight excluding hydrogens is 624 g/mol. The van der Waals surface area contributed by atoms with Crippen LogP contribution >= 0.6 is 0 Å². The molecule has 1 fully saturated rings. The Morgan fingerprint density at radius 3 is 0.583 bits per heavy atom. The molecule has 0 bridgehead atoms. The van der Waals surface area contributed by atoms with Crippen molar-refractivity contribution in [1.82, 2.24) is 0 Å². The number of non-ortho nitro benzene ring substituents is 4. The second-order valence-corrected chi connectivity index (χ2v) is 11.0. The average Bonchev–Trinajstić information content (AvgIpc) is 3.09. The van der Waals surface area contributed by atoms with Crippen LogP contribution in [0.5, 0.6) is 0 Å². The molecule has 4 aromatic carbocycles. The van der Waals surface area contributed by atoms with Gasteiger partial charge in [0.05, 0.1) is 19.7 Å². The summed E-state index contributed by atoms with van der Waals surface area (Å²) in [5, 5.41) is 45.2. The van der Waals surface area contributed by atoms with E-state index >= 15 is 0 Å². The minimum absolute atomic E-state index is 0.0283. The third kappa shape index (κ3) is 8.09. The van der Waals surface area contributed by atoms with Gasteiger partial charge in [0.25, 0.3) is 22.7 Å². The van der Waals surface area contributed by atoms with Crippen molar-refractivity contribution in [2.45, 2.75) is 0 Å². The average molecular weight is 657 g/mol. The molecule has 0 spiro atoms. The minimum Gasteiger partial charge on any atom is -0.368 e. The summed E-state index contributed by atoms with van der Waals surface area (Å²) < 4.78 is 0. The smallest absolute Gasteiger partial charge is 0.269 e. The first-order valence-electron chi connectivity index (χ1n) is 15.1. The van der Waals surface area contributed by atoms with E-state index in [2.05, 4.69) is 19.6 Å². The molecule has 1 aliphatic heterocycles. The summed E-state index contributed by atoms with van der Waals surface area (Å²) in [5.74, 6) is 0. The van der Waals surface area contributed by atoms with Crippen LogP contribution in [0.3, 0.4) is 0 Å². The molecule has 248 valence electrons. The van der Waals surface area contributed by atoms with Crippen molar-refractivity contribution in [2.75, 3.05) is 72.0 Å². The van der Waals surface area contributed by atoms with E-state index in [4.69, 9.17) is 0 Å². The lowest BCUT2D eigenvalue weighted by molar-refractivity contribution is -0.385. The Bertz CT molecular complexity index is 1480. The highest BCUT2D eigenvalue weighted by molar-refractivity contribution is 5.57. The maximum Gasteiger partial charge on any atom is 0.269 e. The summed E-state index contributed by atoms with van der Waals surface area (Å²) in [7, 11) is 0. The molecule has 0 saturated carbocycles. The summed E-state index contributed by atoms with van der Waals surface area (Å²) in [6.07, 6.45) is 0. The largest absolute Gasteiger partial charge is 0.368 e. The molecule has 48 heavy (non-hydrogen) atoms. The van der Waals surface area contributed by atoms with Crippen molar-refractivity contribution >= 4 is 45.5 Å². The highest BCUT2D eigenvalue weighted by Gasteiger charge is 2.20. The molecule has 0 unspecified atom stereocenters. The molecule has 0 N–H and O–H groups in total. The third-order valence-electron chi connectivity index (χ3n) is 8.26. The SMILES string of the molecule is O=[N+]([O-])c1ccc(N2CCN(c3ccc([N+](=O)[O-])cc3)CCN(c3ccc([N+](=O)[O-])cc3)CCN(c3ccc([N+](=O)[O-])cc3)CC2)cc1. The lowest BCUT2D eigenvalue weighted by atomic mass is 10.2. The van der Waals surface area contributed by atoms with Gasteiger partial charge in [0.2, 0.25) is 0 Å². The van der Waals surface area contributed by atoms with Gasteiger partial charge in [-0.25, -0.2) is 0 Å². The molecule has 0 atom stereocenters. The van der Waals surface area contributed by atoms with Crippen LogP contribution in [-0.2, 0) is 0 Å². The molecule has 1 heterocycles. The predicted octanol–water partition coefficient (Wildman–Crippen LogP) is 5.66. The van der Waals surface area contributed by atoms with Crippen LogP contribution in [0, 0.1) is 40.5 Å². The normalized spacial score (nSPS) is 14.5. The zero-order valence-electron chi connectivity index (χ0n) is 25.7. The summed E-state index contributed by atoms with van der Waals surface area (Å²) >= 11 is 0. The topological polar surface area (TPSA) is 186 Å². The first kappa shape index (κ1) is 33.1. The van der Waals surface area contributed by atoms with Gasteiger partial charge >= 0.3 is 0 Å². The first-order valence-corrected chi connectivity index (χ1v) is 15.1. The maximum atomic E-state index is 11.3. The second kappa shape index (κ2) is 14.8. The van der Waals surface area contributed by atoms with Crippen LogP contribution in [0.4, 0.5) is 45.5 Å². The number of nitro groups is 4. The van der Waals surface area contributed by atoms with Crippen LogP contribution in [0.2, 0.25) is 0 Å². The van der Waals surface area contributed by atoms with Crippen molar-refractivity contribution in [3.63, 3.8) is 0 Å². The Balaban J connectivity index is 1.49. The van der Waals surface area contributed by atoms with Crippen LogP contribution in [-0.4, -0.2) is 72.1 Å². The van der Waals surface area contributed by atoms with Crippen molar-refractivity contribution in [3.8, 4) is 0 Å². The Morgan fingerprint density at radius 2 is 0.458 bits per heavy atom. The number of rotatable bonds is 8. The molecule has 16 nitrogen and oxygen atoms in total. The van der Waals surface area contributed by atoms with Gasteiger partial charge in [0.15, 0.2) is 0 Å². The van der Waals surface area contributed by atoms with Gasteiger partial charge in [-0.15, -0.1) is 0 Å². The fraction of sp³-hybridized carbons (Fsp3) is 0.250. The fourth-order valence-corrected chi connectivity index (χ4v) is 5.59. The lowest BCUT2D eigenvalue weighted by Crippen LogP contribution is -2.46. The molecule has 1 saturated heterocycles. The van der Waals surface area contributed by atoms with Gasteiger partial charge in [-0.2, -0.15) is 0 Å². The molecule has 0 amide bonds. The maximum absolute atomic E-state index is 11.3. The van der Waals surface area contributed by atoms with Gasteiger partial charge in [-0.3, -0.25) is 40.5 Å². The summed E-state index contributed by atoms with van der Waals surface area (Å²) in [6, 6.07) is 25.2. The van der Waals surface area contributed by atoms with E-state index in [1.54, 1.807) is 48.5 Å². The van der Waals surface area contributed by atoms with Crippen molar-refractivity contribution in [3.05, 3.63) is 138 Å². The van der Waals surface area contributed by atoms with Crippen LogP contribution in [0.25, 0.3) is 0 Å². The zero-order chi connectivity index (χ0) is 34.2. The number of anilines is 4.